The minimum Gasteiger partial charge on any atom is -0.497 e. The number of methoxy groups -OCH3 is 1. The summed E-state index contributed by atoms with van der Waals surface area (Å²) in [6.07, 6.45) is 1.77. The summed E-state index contributed by atoms with van der Waals surface area (Å²) in [6, 6.07) is 15.6. The summed E-state index contributed by atoms with van der Waals surface area (Å²) in [6.45, 7) is 1.45. The number of benzene rings is 2. The van der Waals surface area contributed by atoms with Gasteiger partial charge < -0.3 is 9.64 Å². The van der Waals surface area contributed by atoms with E-state index in [1.807, 2.05) is 58.1 Å². The monoisotopic (exact) mass is 336 g/mol. The number of nitrogens with zero attached hydrogens (tertiary/aromatic N) is 4. The Hall–Kier alpha value is -2.89. The summed E-state index contributed by atoms with van der Waals surface area (Å²) in [5.41, 5.74) is 2.67. The van der Waals surface area contributed by atoms with Gasteiger partial charge in [0.25, 0.3) is 5.91 Å². The minimum atomic E-state index is 0.0737. The van der Waals surface area contributed by atoms with Crippen LogP contribution in [0.5, 0.6) is 5.75 Å². The molecule has 0 aliphatic carbocycles. The molecule has 1 fully saturated rings. The Morgan fingerprint density at radius 2 is 1.80 bits per heavy atom. The highest BCUT2D eigenvalue weighted by Crippen LogP contribution is 2.26. The third-order valence-electron chi connectivity index (χ3n) is 4.81. The lowest BCUT2D eigenvalue weighted by Crippen LogP contribution is -2.39. The lowest BCUT2D eigenvalue weighted by atomic mass is 10.0. The number of rotatable bonds is 3. The quantitative estimate of drug-likeness (QED) is 0.738. The van der Waals surface area contributed by atoms with Gasteiger partial charge in [-0.25, -0.2) is 4.68 Å². The Labute approximate surface area is 146 Å². The molecule has 0 spiro atoms. The maximum atomic E-state index is 12.7. The summed E-state index contributed by atoms with van der Waals surface area (Å²) < 4.78 is 7.15. The van der Waals surface area contributed by atoms with Gasteiger partial charge in [-0.15, -0.1) is 5.10 Å². The number of hydrogen-bond acceptors (Lipinski definition) is 4. The fraction of sp³-hybridized carbons (Fsp3) is 0.316. The van der Waals surface area contributed by atoms with Crippen LogP contribution >= 0.6 is 0 Å². The predicted molar refractivity (Wildman–Crippen MR) is 94.7 cm³/mol. The zero-order valence-electron chi connectivity index (χ0n) is 14.1. The summed E-state index contributed by atoms with van der Waals surface area (Å²) in [4.78, 5) is 14.6. The molecule has 0 bridgehead atoms. The van der Waals surface area contributed by atoms with Crippen LogP contribution in [0.1, 0.15) is 29.2 Å². The summed E-state index contributed by atoms with van der Waals surface area (Å²) >= 11 is 0. The van der Waals surface area contributed by atoms with Crippen LogP contribution in [0, 0.1) is 0 Å². The smallest absolute Gasteiger partial charge is 0.253 e. The highest BCUT2D eigenvalue weighted by atomic mass is 16.5. The first kappa shape index (κ1) is 15.6. The molecule has 3 aromatic rings. The Balaban J connectivity index is 1.44. The van der Waals surface area contributed by atoms with Crippen LogP contribution in [0.25, 0.3) is 11.0 Å². The number of ether oxygens (including phenoxy) is 1. The molecule has 1 aromatic heterocycles. The van der Waals surface area contributed by atoms with Crippen LogP contribution in [0.2, 0.25) is 0 Å². The SMILES string of the molecule is COc1ccc(C(=O)N2CCC(n3nnc4ccccc43)CC2)cc1. The fourth-order valence-corrected chi connectivity index (χ4v) is 3.39. The summed E-state index contributed by atoms with van der Waals surface area (Å²) in [7, 11) is 1.62. The molecule has 0 unspecified atom stereocenters. The third-order valence-corrected chi connectivity index (χ3v) is 4.81. The van der Waals surface area contributed by atoms with E-state index in [1.54, 1.807) is 7.11 Å². The number of carbonyl (C=O) groups is 1. The first-order valence-electron chi connectivity index (χ1n) is 8.49. The molecule has 0 saturated carbocycles. The maximum absolute atomic E-state index is 12.7. The topological polar surface area (TPSA) is 60.2 Å². The number of para-hydroxylation sites is 1. The van der Waals surface area contributed by atoms with Crippen molar-refractivity contribution >= 4 is 16.9 Å². The zero-order valence-corrected chi connectivity index (χ0v) is 14.1. The number of likely N-dealkylation sites (tertiary alicyclic amines) is 1. The van der Waals surface area contributed by atoms with Crippen molar-refractivity contribution in [2.75, 3.05) is 20.2 Å². The first-order valence-corrected chi connectivity index (χ1v) is 8.49. The predicted octanol–water partition coefficient (Wildman–Crippen LogP) is 2.92. The molecule has 6 heteroatoms. The number of carbonyl (C=O) groups excluding carboxylic acids is 1. The van der Waals surface area contributed by atoms with Gasteiger partial charge in [0.2, 0.25) is 0 Å². The molecule has 1 saturated heterocycles. The van der Waals surface area contributed by atoms with E-state index in [9.17, 15) is 4.79 Å². The van der Waals surface area contributed by atoms with Crippen molar-refractivity contribution in [3.63, 3.8) is 0 Å². The van der Waals surface area contributed by atoms with Crippen molar-refractivity contribution in [2.24, 2.45) is 0 Å². The molecule has 0 N–H and O–H groups in total. The second-order valence-corrected chi connectivity index (χ2v) is 6.27. The van der Waals surface area contributed by atoms with Crippen LogP contribution in [0.4, 0.5) is 0 Å². The lowest BCUT2D eigenvalue weighted by Gasteiger charge is -2.32. The van der Waals surface area contributed by atoms with Gasteiger partial charge in [-0.05, 0) is 49.2 Å². The van der Waals surface area contributed by atoms with Crippen molar-refractivity contribution in [1.29, 1.82) is 0 Å². The molecule has 0 atom stereocenters. The largest absolute Gasteiger partial charge is 0.497 e. The third kappa shape index (κ3) is 2.95. The van der Waals surface area contributed by atoms with Crippen molar-refractivity contribution in [3.8, 4) is 5.75 Å². The number of amides is 1. The van der Waals surface area contributed by atoms with Gasteiger partial charge in [-0.3, -0.25) is 4.79 Å². The number of hydrogen-bond donors (Lipinski definition) is 0. The molecule has 6 nitrogen and oxygen atoms in total. The van der Waals surface area contributed by atoms with Gasteiger partial charge in [-0.2, -0.15) is 0 Å². The van der Waals surface area contributed by atoms with Gasteiger partial charge in [0.05, 0.1) is 18.7 Å². The minimum absolute atomic E-state index is 0.0737. The molecule has 1 aliphatic heterocycles. The van der Waals surface area contributed by atoms with Gasteiger partial charge in [-0.1, -0.05) is 17.3 Å². The van der Waals surface area contributed by atoms with Crippen LogP contribution in [0.15, 0.2) is 48.5 Å². The van der Waals surface area contributed by atoms with Gasteiger partial charge in [0.15, 0.2) is 0 Å². The van der Waals surface area contributed by atoms with E-state index < -0.39 is 0 Å². The normalized spacial score (nSPS) is 15.5. The van der Waals surface area contributed by atoms with Crippen LogP contribution < -0.4 is 4.74 Å². The molecule has 1 amide bonds. The Morgan fingerprint density at radius 3 is 2.52 bits per heavy atom. The maximum Gasteiger partial charge on any atom is 0.253 e. The molecule has 2 heterocycles. The molecule has 25 heavy (non-hydrogen) atoms. The van der Waals surface area contributed by atoms with Crippen LogP contribution in [-0.2, 0) is 0 Å². The average molecular weight is 336 g/mol. The molecule has 2 aromatic carbocycles. The van der Waals surface area contributed by atoms with Crippen molar-refractivity contribution in [1.82, 2.24) is 19.9 Å². The summed E-state index contributed by atoms with van der Waals surface area (Å²) in [5.74, 6) is 0.831. The first-order chi connectivity index (χ1) is 12.3. The number of aromatic nitrogens is 3. The number of piperidine rings is 1. The lowest BCUT2D eigenvalue weighted by molar-refractivity contribution is 0.0691. The van der Waals surface area contributed by atoms with Crippen LogP contribution in [0.3, 0.4) is 0 Å². The molecule has 128 valence electrons. The zero-order chi connectivity index (χ0) is 17.2. The molecule has 1 aliphatic rings. The second kappa shape index (κ2) is 6.55. The molecular formula is C19H20N4O2. The highest BCUT2D eigenvalue weighted by molar-refractivity contribution is 5.94. The highest BCUT2D eigenvalue weighted by Gasteiger charge is 2.26. The van der Waals surface area contributed by atoms with Gasteiger partial charge in [0.1, 0.15) is 11.3 Å². The van der Waals surface area contributed by atoms with Crippen molar-refractivity contribution in [2.45, 2.75) is 18.9 Å². The van der Waals surface area contributed by atoms with E-state index in [2.05, 4.69) is 10.3 Å². The second-order valence-electron chi connectivity index (χ2n) is 6.27. The fourth-order valence-electron chi connectivity index (χ4n) is 3.39. The average Bonchev–Trinajstić information content (AvgIpc) is 3.12. The van der Waals surface area contributed by atoms with E-state index in [0.29, 0.717) is 5.56 Å². The Bertz CT molecular complexity index is 880. The molecule has 0 radical (unpaired) electrons. The van der Waals surface area contributed by atoms with E-state index in [-0.39, 0.29) is 11.9 Å². The summed E-state index contributed by atoms with van der Waals surface area (Å²) in [5, 5.41) is 8.55. The standard InChI is InChI=1S/C19H20N4O2/c1-25-16-8-6-14(7-9-16)19(24)22-12-10-15(11-13-22)23-18-5-3-2-4-17(18)20-21-23/h2-9,15H,10-13H2,1H3. The van der Waals surface area contributed by atoms with Gasteiger partial charge >= 0.3 is 0 Å². The van der Waals surface area contributed by atoms with E-state index in [4.69, 9.17) is 4.74 Å². The number of fused-ring (bicyclic) bond motifs is 1. The van der Waals surface area contributed by atoms with Crippen LogP contribution in [-0.4, -0.2) is 46.0 Å². The molecule has 4 rings (SSSR count). The van der Waals surface area contributed by atoms with Gasteiger partial charge in [0, 0.05) is 18.7 Å². The van der Waals surface area contributed by atoms with Crippen molar-refractivity contribution < 1.29 is 9.53 Å². The molecular weight excluding hydrogens is 316 g/mol. The Morgan fingerprint density at radius 1 is 1.08 bits per heavy atom. The van der Waals surface area contributed by atoms with E-state index in [1.165, 1.54) is 0 Å². The van der Waals surface area contributed by atoms with Crippen molar-refractivity contribution in [3.05, 3.63) is 54.1 Å². The van der Waals surface area contributed by atoms with E-state index >= 15 is 0 Å². The Kier molecular flexibility index (Phi) is 4.09. The van der Waals surface area contributed by atoms with E-state index in [0.717, 1.165) is 42.7 Å².